The zero-order valence-electron chi connectivity index (χ0n) is 9.46. The van der Waals surface area contributed by atoms with Crippen LogP contribution in [0.15, 0.2) is 14.3 Å². The molecule has 1 aliphatic rings. The summed E-state index contributed by atoms with van der Waals surface area (Å²) < 4.78 is 1.77. The van der Waals surface area contributed by atoms with E-state index in [4.69, 9.17) is 0 Å². The van der Waals surface area contributed by atoms with Crippen LogP contribution in [0.25, 0.3) is 0 Å². The molecule has 1 aromatic rings. The summed E-state index contributed by atoms with van der Waals surface area (Å²) in [6.45, 7) is 0.930. The first-order valence-corrected chi connectivity index (χ1v) is 7.99. The number of nitrogens with one attached hydrogen (secondary N) is 2. The molecule has 1 fully saturated rings. The Morgan fingerprint density at radius 3 is 2.50 bits per heavy atom. The van der Waals surface area contributed by atoms with Crippen molar-refractivity contribution in [3.63, 3.8) is 0 Å². The summed E-state index contributed by atoms with van der Waals surface area (Å²) in [5.74, 6) is 0.197. The first kappa shape index (κ1) is 14.0. The van der Waals surface area contributed by atoms with Crippen molar-refractivity contribution in [2.75, 3.05) is 13.1 Å². The second-order valence-electron chi connectivity index (χ2n) is 4.05. The van der Waals surface area contributed by atoms with Crippen LogP contribution in [0.2, 0.25) is 0 Å². The highest BCUT2D eigenvalue weighted by Crippen LogP contribution is 2.32. The average molecular weight is 396 g/mol. The molecule has 0 spiro atoms. The predicted octanol–water partition coefficient (Wildman–Crippen LogP) is 2.53. The second-order valence-corrected chi connectivity index (χ2v) is 7.28. The molecule has 18 heavy (non-hydrogen) atoms. The molecule has 0 bridgehead atoms. The van der Waals surface area contributed by atoms with Crippen LogP contribution in [0.1, 0.15) is 22.5 Å². The van der Waals surface area contributed by atoms with Gasteiger partial charge in [-0.1, -0.05) is 0 Å². The molecule has 2 amide bonds. The van der Waals surface area contributed by atoms with Gasteiger partial charge in [0.2, 0.25) is 5.91 Å². The number of hydrogen-bond donors (Lipinski definition) is 2. The van der Waals surface area contributed by atoms with Crippen LogP contribution < -0.4 is 10.6 Å². The molecule has 0 aromatic carbocycles. The highest BCUT2D eigenvalue weighted by Gasteiger charge is 2.28. The van der Waals surface area contributed by atoms with E-state index in [2.05, 4.69) is 42.5 Å². The summed E-state index contributed by atoms with van der Waals surface area (Å²) in [6.07, 6.45) is 1.99. The summed E-state index contributed by atoms with van der Waals surface area (Å²) in [6, 6.07) is 1.77. The summed E-state index contributed by atoms with van der Waals surface area (Å²) >= 11 is 8.05. The fourth-order valence-electron chi connectivity index (χ4n) is 1.40. The van der Waals surface area contributed by atoms with Gasteiger partial charge in [-0.2, -0.15) is 0 Å². The molecule has 1 saturated carbocycles. The third kappa shape index (κ3) is 3.80. The van der Waals surface area contributed by atoms with Crippen molar-refractivity contribution >= 4 is 55.0 Å². The maximum absolute atomic E-state index is 11.7. The zero-order chi connectivity index (χ0) is 13.1. The molecule has 1 aromatic heterocycles. The molecule has 2 N–H and O–H groups in total. The van der Waals surface area contributed by atoms with E-state index < -0.39 is 0 Å². The molecule has 0 atom stereocenters. The monoisotopic (exact) mass is 394 g/mol. The Balaban J connectivity index is 1.69. The van der Waals surface area contributed by atoms with Crippen molar-refractivity contribution in [3.05, 3.63) is 19.2 Å². The van der Waals surface area contributed by atoms with Gasteiger partial charge >= 0.3 is 0 Å². The van der Waals surface area contributed by atoms with Gasteiger partial charge in [0.05, 0.1) is 8.66 Å². The lowest BCUT2D eigenvalue weighted by atomic mass is 10.4. The number of thiophene rings is 1. The van der Waals surface area contributed by atoms with E-state index in [-0.39, 0.29) is 17.7 Å². The Morgan fingerprint density at radius 1 is 1.28 bits per heavy atom. The molecule has 0 saturated heterocycles. The van der Waals surface area contributed by atoms with Crippen molar-refractivity contribution < 1.29 is 9.59 Å². The smallest absolute Gasteiger partial charge is 0.261 e. The molecule has 1 heterocycles. The molecular weight excluding hydrogens is 384 g/mol. The number of carbonyl (C=O) groups is 2. The summed E-state index contributed by atoms with van der Waals surface area (Å²) in [5, 5.41) is 5.57. The van der Waals surface area contributed by atoms with Gasteiger partial charge in [0.1, 0.15) is 0 Å². The Morgan fingerprint density at radius 2 is 1.94 bits per heavy atom. The molecule has 0 unspecified atom stereocenters. The summed E-state index contributed by atoms with van der Waals surface area (Å²) in [4.78, 5) is 23.7. The molecule has 4 nitrogen and oxygen atoms in total. The minimum Gasteiger partial charge on any atom is -0.354 e. The van der Waals surface area contributed by atoms with Gasteiger partial charge in [0, 0.05) is 23.5 Å². The van der Waals surface area contributed by atoms with Crippen LogP contribution in [0.3, 0.4) is 0 Å². The fourth-order valence-corrected chi connectivity index (χ4v) is 3.35. The van der Waals surface area contributed by atoms with Gasteiger partial charge in [-0.05, 0) is 50.8 Å². The number of carbonyl (C=O) groups excluding carboxylic acids is 2. The minimum atomic E-state index is -0.118. The Hall–Kier alpha value is -0.400. The van der Waals surface area contributed by atoms with Crippen LogP contribution in [0.5, 0.6) is 0 Å². The summed E-state index contributed by atoms with van der Waals surface area (Å²) in [5.41, 5.74) is 0. The van der Waals surface area contributed by atoms with E-state index in [1.165, 1.54) is 11.3 Å². The average Bonchev–Trinajstić information content (AvgIpc) is 3.12. The standard InChI is InChI=1S/C11H12Br2N2O2S/c12-7-5-8(18-9(7)13)11(17)15-4-3-14-10(16)6-1-2-6/h5-6H,1-4H2,(H,14,16)(H,15,17). The normalized spacial score (nSPS) is 14.3. The number of hydrogen-bond acceptors (Lipinski definition) is 3. The van der Waals surface area contributed by atoms with E-state index in [1.807, 2.05) is 0 Å². The quantitative estimate of drug-likeness (QED) is 0.752. The fraction of sp³-hybridized carbons (Fsp3) is 0.455. The van der Waals surface area contributed by atoms with Crippen molar-refractivity contribution in [2.24, 2.45) is 5.92 Å². The maximum atomic E-state index is 11.7. The summed E-state index contributed by atoms with van der Waals surface area (Å²) in [7, 11) is 0. The van der Waals surface area contributed by atoms with Crippen molar-refractivity contribution in [1.82, 2.24) is 10.6 Å². The minimum absolute atomic E-state index is 0.103. The van der Waals surface area contributed by atoms with Crippen LogP contribution >= 0.6 is 43.2 Å². The number of rotatable bonds is 5. The Labute approximate surface area is 126 Å². The van der Waals surface area contributed by atoms with Gasteiger partial charge < -0.3 is 10.6 Å². The van der Waals surface area contributed by atoms with Crippen LogP contribution in [-0.2, 0) is 4.79 Å². The molecule has 1 aliphatic carbocycles. The van der Waals surface area contributed by atoms with Crippen molar-refractivity contribution in [1.29, 1.82) is 0 Å². The first-order valence-electron chi connectivity index (χ1n) is 5.58. The van der Waals surface area contributed by atoms with Gasteiger partial charge in [-0.3, -0.25) is 9.59 Å². The van der Waals surface area contributed by atoms with E-state index in [0.29, 0.717) is 18.0 Å². The van der Waals surface area contributed by atoms with Gasteiger partial charge in [0.15, 0.2) is 0 Å². The predicted molar refractivity (Wildman–Crippen MR) is 77.8 cm³/mol. The van der Waals surface area contributed by atoms with E-state index in [0.717, 1.165) is 21.1 Å². The van der Waals surface area contributed by atoms with E-state index in [9.17, 15) is 9.59 Å². The van der Waals surface area contributed by atoms with Crippen molar-refractivity contribution in [2.45, 2.75) is 12.8 Å². The van der Waals surface area contributed by atoms with Crippen LogP contribution in [0.4, 0.5) is 0 Å². The second kappa shape index (κ2) is 6.16. The Kier molecular flexibility index (Phi) is 4.80. The lowest BCUT2D eigenvalue weighted by molar-refractivity contribution is -0.122. The molecule has 98 valence electrons. The van der Waals surface area contributed by atoms with Gasteiger partial charge in [0.25, 0.3) is 5.91 Å². The van der Waals surface area contributed by atoms with Crippen LogP contribution in [0, 0.1) is 5.92 Å². The molecule has 0 aliphatic heterocycles. The zero-order valence-corrected chi connectivity index (χ0v) is 13.5. The lowest BCUT2D eigenvalue weighted by Gasteiger charge is -2.05. The third-order valence-corrected chi connectivity index (χ3v) is 5.78. The largest absolute Gasteiger partial charge is 0.354 e. The van der Waals surface area contributed by atoms with Crippen LogP contribution in [-0.4, -0.2) is 24.9 Å². The maximum Gasteiger partial charge on any atom is 0.261 e. The number of amides is 2. The molecule has 2 rings (SSSR count). The third-order valence-electron chi connectivity index (χ3n) is 2.53. The first-order chi connectivity index (χ1) is 8.58. The number of halogens is 2. The lowest BCUT2D eigenvalue weighted by Crippen LogP contribution is -2.35. The molecule has 0 radical (unpaired) electrons. The van der Waals surface area contributed by atoms with Gasteiger partial charge in [-0.15, -0.1) is 11.3 Å². The highest BCUT2D eigenvalue weighted by atomic mass is 79.9. The van der Waals surface area contributed by atoms with Crippen molar-refractivity contribution in [3.8, 4) is 0 Å². The Bertz CT molecular complexity index is 452. The van der Waals surface area contributed by atoms with E-state index >= 15 is 0 Å². The van der Waals surface area contributed by atoms with Gasteiger partial charge in [-0.25, -0.2) is 0 Å². The SMILES string of the molecule is O=C(NCCNC(=O)C1CC1)c1cc(Br)c(Br)s1. The highest BCUT2D eigenvalue weighted by molar-refractivity contribution is 9.13. The molecular formula is C11H12Br2N2O2S. The topological polar surface area (TPSA) is 58.2 Å². The van der Waals surface area contributed by atoms with E-state index in [1.54, 1.807) is 6.07 Å². The molecule has 7 heteroatoms.